The summed E-state index contributed by atoms with van der Waals surface area (Å²) in [6.07, 6.45) is 0. The number of piperazine rings is 1. The first-order chi connectivity index (χ1) is 13.2. The molecular weight excluding hydrogens is 336 g/mol. The zero-order chi connectivity index (χ0) is 19.1. The molecule has 1 heterocycles. The average Bonchev–Trinajstić information content (AvgIpc) is 2.73. The van der Waals surface area contributed by atoms with Crippen LogP contribution in [-0.2, 0) is 6.54 Å². The molecule has 2 amide bonds. The van der Waals surface area contributed by atoms with Crippen LogP contribution < -0.4 is 10.2 Å². The summed E-state index contributed by atoms with van der Waals surface area (Å²) in [6, 6.07) is 18.2. The highest BCUT2D eigenvalue weighted by atomic mass is 16.2. The molecule has 144 valence electrons. The van der Waals surface area contributed by atoms with E-state index in [0.29, 0.717) is 13.1 Å². The van der Waals surface area contributed by atoms with Crippen molar-refractivity contribution in [2.24, 2.45) is 0 Å². The lowest BCUT2D eigenvalue weighted by molar-refractivity contribution is 0.212. The molecule has 1 aliphatic rings. The van der Waals surface area contributed by atoms with Gasteiger partial charge in [0.15, 0.2) is 0 Å². The van der Waals surface area contributed by atoms with Gasteiger partial charge in [0.1, 0.15) is 0 Å². The minimum Gasteiger partial charge on any atom is -0.367 e. The smallest absolute Gasteiger partial charge is 0.322 e. The number of urea groups is 1. The maximum atomic E-state index is 12.9. The second-order valence-corrected chi connectivity index (χ2v) is 6.87. The Morgan fingerprint density at radius 3 is 2.30 bits per heavy atom. The van der Waals surface area contributed by atoms with Crippen molar-refractivity contribution in [2.45, 2.75) is 20.4 Å². The summed E-state index contributed by atoms with van der Waals surface area (Å²) < 4.78 is 0. The van der Waals surface area contributed by atoms with Crippen molar-refractivity contribution < 1.29 is 4.79 Å². The van der Waals surface area contributed by atoms with Gasteiger partial charge in [-0.15, -0.1) is 0 Å². The van der Waals surface area contributed by atoms with Crippen molar-refractivity contribution in [2.75, 3.05) is 49.5 Å². The maximum absolute atomic E-state index is 12.9. The number of carbonyl (C=O) groups is 1. The van der Waals surface area contributed by atoms with Crippen LogP contribution in [0.3, 0.4) is 0 Å². The number of hydrogen-bond acceptors (Lipinski definition) is 3. The Hall–Kier alpha value is -2.53. The van der Waals surface area contributed by atoms with Crippen LogP contribution in [0.25, 0.3) is 0 Å². The van der Waals surface area contributed by atoms with Crippen molar-refractivity contribution in [1.82, 2.24) is 9.80 Å². The molecule has 0 saturated carbocycles. The fourth-order valence-electron chi connectivity index (χ4n) is 3.49. The Balaban J connectivity index is 1.68. The quantitative estimate of drug-likeness (QED) is 0.843. The monoisotopic (exact) mass is 366 g/mol. The van der Waals surface area contributed by atoms with Crippen LogP contribution in [0.1, 0.15) is 19.4 Å². The first-order valence-electron chi connectivity index (χ1n) is 9.87. The van der Waals surface area contributed by atoms with Gasteiger partial charge in [-0.1, -0.05) is 49.4 Å². The van der Waals surface area contributed by atoms with Crippen LogP contribution in [0.2, 0.25) is 0 Å². The summed E-state index contributed by atoms with van der Waals surface area (Å²) in [5.41, 5.74) is 3.13. The van der Waals surface area contributed by atoms with Gasteiger partial charge in [0.2, 0.25) is 0 Å². The Labute approximate surface area is 162 Å². The molecule has 5 nitrogen and oxygen atoms in total. The molecule has 0 aliphatic carbocycles. The van der Waals surface area contributed by atoms with Crippen LogP contribution in [0.4, 0.5) is 16.2 Å². The average molecular weight is 367 g/mol. The van der Waals surface area contributed by atoms with E-state index >= 15 is 0 Å². The van der Waals surface area contributed by atoms with Crippen LogP contribution in [-0.4, -0.2) is 55.1 Å². The SMILES string of the molecule is CCN1CCN(c2ccccc2NC(=O)N(CC)Cc2ccccc2)CC1. The number of rotatable bonds is 6. The molecule has 5 heteroatoms. The first-order valence-corrected chi connectivity index (χ1v) is 9.87. The summed E-state index contributed by atoms with van der Waals surface area (Å²) in [5.74, 6) is 0. The molecule has 2 aromatic rings. The number of hydrogen-bond donors (Lipinski definition) is 1. The minimum absolute atomic E-state index is 0.0546. The Bertz CT molecular complexity index is 726. The Kier molecular flexibility index (Phi) is 6.71. The van der Waals surface area contributed by atoms with E-state index < -0.39 is 0 Å². The first kappa shape index (κ1) is 19.2. The van der Waals surface area contributed by atoms with Crippen molar-refractivity contribution in [3.63, 3.8) is 0 Å². The number of benzene rings is 2. The molecule has 0 aromatic heterocycles. The lowest BCUT2D eigenvalue weighted by Gasteiger charge is -2.36. The zero-order valence-electron chi connectivity index (χ0n) is 16.4. The van der Waals surface area contributed by atoms with Gasteiger partial charge in [-0.05, 0) is 31.2 Å². The number of para-hydroxylation sites is 2. The summed E-state index contributed by atoms with van der Waals surface area (Å²) in [6.45, 7) is 10.7. The fraction of sp³-hybridized carbons (Fsp3) is 0.409. The minimum atomic E-state index is -0.0546. The molecule has 3 rings (SSSR count). The van der Waals surface area contributed by atoms with Gasteiger partial charge >= 0.3 is 6.03 Å². The molecular formula is C22H30N4O. The van der Waals surface area contributed by atoms with Gasteiger partial charge in [-0.2, -0.15) is 0 Å². The van der Waals surface area contributed by atoms with Crippen LogP contribution >= 0.6 is 0 Å². The third kappa shape index (κ3) is 5.01. The molecule has 2 aromatic carbocycles. The van der Waals surface area contributed by atoms with Gasteiger partial charge in [0.25, 0.3) is 0 Å². The summed E-state index contributed by atoms with van der Waals surface area (Å²) in [5, 5.41) is 3.14. The summed E-state index contributed by atoms with van der Waals surface area (Å²) in [4.78, 5) is 19.5. The highest BCUT2D eigenvalue weighted by molar-refractivity contribution is 5.93. The number of likely N-dealkylation sites (N-methyl/N-ethyl adjacent to an activating group) is 1. The van der Waals surface area contributed by atoms with E-state index in [1.54, 1.807) is 0 Å². The molecule has 0 spiro atoms. The van der Waals surface area contributed by atoms with E-state index in [4.69, 9.17) is 0 Å². The van der Waals surface area contributed by atoms with E-state index in [0.717, 1.165) is 49.7 Å². The Morgan fingerprint density at radius 1 is 0.963 bits per heavy atom. The van der Waals surface area contributed by atoms with Gasteiger partial charge in [-0.3, -0.25) is 0 Å². The molecule has 1 fully saturated rings. The molecule has 0 atom stereocenters. The van der Waals surface area contributed by atoms with Crippen LogP contribution in [0.5, 0.6) is 0 Å². The fourth-order valence-corrected chi connectivity index (χ4v) is 3.49. The van der Waals surface area contributed by atoms with E-state index in [9.17, 15) is 4.79 Å². The van der Waals surface area contributed by atoms with Crippen LogP contribution in [0, 0.1) is 0 Å². The van der Waals surface area contributed by atoms with Crippen LogP contribution in [0.15, 0.2) is 54.6 Å². The van der Waals surface area contributed by atoms with Gasteiger partial charge in [-0.25, -0.2) is 4.79 Å². The largest absolute Gasteiger partial charge is 0.367 e. The molecule has 0 radical (unpaired) electrons. The molecule has 27 heavy (non-hydrogen) atoms. The number of amides is 2. The lowest BCUT2D eigenvalue weighted by atomic mass is 10.2. The number of carbonyl (C=O) groups excluding carboxylic acids is 1. The second-order valence-electron chi connectivity index (χ2n) is 6.87. The second kappa shape index (κ2) is 9.42. The predicted octanol–water partition coefficient (Wildman–Crippen LogP) is 3.88. The van der Waals surface area contributed by atoms with E-state index in [2.05, 4.69) is 40.2 Å². The number of anilines is 2. The number of nitrogens with one attached hydrogen (secondary N) is 1. The predicted molar refractivity (Wildman–Crippen MR) is 112 cm³/mol. The molecule has 0 bridgehead atoms. The summed E-state index contributed by atoms with van der Waals surface area (Å²) in [7, 11) is 0. The lowest BCUT2D eigenvalue weighted by Crippen LogP contribution is -2.46. The third-order valence-electron chi connectivity index (χ3n) is 5.19. The molecule has 0 unspecified atom stereocenters. The van der Waals surface area contributed by atoms with Crippen molar-refractivity contribution in [3.05, 3.63) is 60.2 Å². The van der Waals surface area contributed by atoms with Crippen molar-refractivity contribution in [3.8, 4) is 0 Å². The third-order valence-corrected chi connectivity index (χ3v) is 5.19. The summed E-state index contributed by atoms with van der Waals surface area (Å²) >= 11 is 0. The highest BCUT2D eigenvalue weighted by Gasteiger charge is 2.20. The normalized spacial score (nSPS) is 14.8. The maximum Gasteiger partial charge on any atom is 0.322 e. The van der Waals surface area contributed by atoms with E-state index in [-0.39, 0.29) is 6.03 Å². The van der Waals surface area contributed by atoms with Crippen molar-refractivity contribution in [1.29, 1.82) is 0 Å². The van der Waals surface area contributed by atoms with Crippen molar-refractivity contribution >= 4 is 17.4 Å². The number of nitrogens with zero attached hydrogens (tertiary/aromatic N) is 3. The standard InChI is InChI=1S/C22H30N4O/c1-3-24-14-16-26(17-15-24)21-13-9-8-12-20(21)23-22(27)25(4-2)18-19-10-6-5-7-11-19/h5-13H,3-4,14-18H2,1-2H3,(H,23,27). The Morgan fingerprint density at radius 2 is 1.63 bits per heavy atom. The topological polar surface area (TPSA) is 38.8 Å². The molecule has 1 aliphatic heterocycles. The zero-order valence-corrected chi connectivity index (χ0v) is 16.4. The van der Waals surface area contributed by atoms with Gasteiger partial charge in [0, 0.05) is 39.3 Å². The molecule has 1 saturated heterocycles. The van der Waals surface area contributed by atoms with E-state index in [1.807, 2.05) is 48.2 Å². The van der Waals surface area contributed by atoms with E-state index in [1.165, 1.54) is 0 Å². The van der Waals surface area contributed by atoms with Gasteiger partial charge in [0.05, 0.1) is 11.4 Å². The highest BCUT2D eigenvalue weighted by Crippen LogP contribution is 2.27. The molecule has 1 N–H and O–H groups in total. The van der Waals surface area contributed by atoms with Gasteiger partial charge < -0.3 is 20.0 Å².